The second-order valence-electron chi connectivity index (χ2n) is 4.04. The third-order valence-corrected chi connectivity index (χ3v) is 2.59. The number of nitrogens with two attached hydrogens (primary N) is 1. The lowest BCUT2D eigenvalue weighted by atomic mass is 10.0. The van der Waals surface area contributed by atoms with Crippen molar-refractivity contribution in [2.75, 3.05) is 0 Å². The largest absolute Gasteiger partial charge is 0.409 e. The van der Waals surface area contributed by atoms with Gasteiger partial charge < -0.3 is 16.3 Å². The molecule has 0 heterocycles. The highest BCUT2D eigenvalue weighted by molar-refractivity contribution is 5.84. The van der Waals surface area contributed by atoms with Crippen molar-refractivity contribution in [3.63, 3.8) is 0 Å². The second kappa shape index (κ2) is 8.53. The van der Waals surface area contributed by atoms with Crippen molar-refractivity contribution < 1.29 is 5.21 Å². The number of amidine groups is 1. The van der Waals surface area contributed by atoms with Crippen molar-refractivity contribution in [3.8, 4) is 0 Å². The summed E-state index contributed by atoms with van der Waals surface area (Å²) in [5.74, 6) is 0.257. The van der Waals surface area contributed by atoms with Gasteiger partial charge in [0.2, 0.25) is 0 Å². The molecule has 4 heteroatoms. The molecule has 0 bridgehead atoms. The fraction of sp³-hybridized carbons (Fsp3) is 0.909. The van der Waals surface area contributed by atoms with Gasteiger partial charge in [-0.05, 0) is 19.8 Å². The smallest absolute Gasteiger partial charge is 0.156 e. The molecular weight excluding hydrogens is 190 g/mol. The van der Waals surface area contributed by atoms with Gasteiger partial charge in [-0.2, -0.15) is 0 Å². The van der Waals surface area contributed by atoms with Gasteiger partial charge in [0.05, 0.1) is 6.04 Å². The van der Waals surface area contributed by atoms with Gasteiger partial charge in [0.1, 0.15) is 0 Å². The normalized spacial score (nSPS) is 16.3. The van der Waals surface area contributed by atoms with E-state index in [2.05, 4.69) is 24.3 Å². The Morgan fingerprint density at radius 3 is 2.47 bits per heavy atom. The molecule has 2 atom stereocenters. The summed E-state index contributed by atoms with van der Waals surface area (Å²) >= 11 is 0. The van der Waals surface area contributed by atoms with Crippen molar-refractivity contribution in [1.29, 1.82) is 0 Å². The zero-order valence-electron chi connectivity index (χ0n) is 10.2. The van der Waals surface area contributed by atoms with Gasteiger partial charge in [0, 0.05) is 6.04 Å². The Kier molecular flexibility index (Phi) is 8.09. The standard InChI is InChI=1S/C11H25N3O/c1-4-6-8-10(7-5-2)13-9(3)11(12)14-15/h9-10,13,15H,4-8H2,1-3H3,(H2,12,14). The average molecular weight is 215 g/mol. The van der Waals surface area contributed by atoms with Gasteiger partial charge in [-0.25, -0.2) is 0 Å². The van der Waals surface area contributed by atoms with Crippen LogP contribution in [-0.2, 0) is 0 Å². The van der Waals surface area contributed by atoms with Crippen LogP contribution in [0.5, 0.6) is 0 Å². The summed E-state index contributed by atoms with van der Waals surface area (Å²) < 4.78 is 0. The summed E-state index contributed by atoms with van der Waals surface area (Å²) in [5, 5.41) is 14.9. The molecule has 4 N–H and O–H groups in total. The van der Waals surface area contributed by atoms with E-state index in [4.69, 9.17) is 10.9 Å². The molecule has 0 rings (SSSR count). The van der Waals surface area contributed by atoms with E-state index in [1.165, 1.54) is 12.8 Å². The Hall–Kier alpha value is -0.770. The van der Waals surface area contributed by atoms with E-state index in [1.54, 1.807) is 0 Å². The molecule has 0 aliphatic carbocycles. The molecule has 4 nitrogen and oxygen atoms in total. The highest BCUT2D eigenvalue weighted by Gasteiger charge is 2.13. The molecule has 90 valence electrons. The molecule has 0 spiro atoms. The molecule has 0 radical (unpaired) electrons. The molecule has 0 saturated heterocycles. The Balaban J connectivity index is 4.02. The third kappa shape index (κ3) is 6.33. The van der Waals surface area contributed by atoms with Crippen LogP contribution >= 0.6 is 0 Å². The van der Waals surface area contributed by atoms with E-state index in [9.17, 15) is 0 Å². The first-order valence-electron chi connectivity index (χ1n) is 5.89. The number of hydrogen-bond donors (Lipinski definition) is 3. The average Bonchev–Trinajstić information content (AvgIpc) is 2.24. The maximum Gasteiger partial charge on any atom is 0.156 e. The van der Waals surface area contributed by atoms with Gasteiger partial charge in [0.15, 0.2) is 5.84 Å². The van der Waals surface area contributed by atoms with Crippen molar-refractivity contribution in [1.82, 2.24) is 5.32 Å². The summed E-state index contributed by atoms with van der Waals surface area (Å²) in [6, 6.07) is 0.425. The van der Waals surface area contributed by atoms with E-state index in [-0.39, 0.29) is 11.9 Å². The maximum absolute atomic E-state index is 8.55. The lowest BCUT2D eigenvalue weighted by Gasteiger charge is -2.22. The topological polar surface area (TPSA) is 70.6 Å². The minimum atomic E-state index is -0.0524. The molecule has 0 aromatic carbocycles. The summed E-state index contributed by atoms with van der Waals surface area (Å²) in [5.41, 5.74) is 5.53. The van der Waals surface area contributed by atoms with Crippen LogP contribution in [0.25, 0.3) is 0 Å². The number of rotatable bonds is 8. The van der Waals surface area contributed by atoms with Crippen LogP contribution in [0.4, 0.5) is 0 Å². The predicted octanol–water partition coefficient (Wildman–Crippen LogP) is 2.07. The van der Waals surface area contributed by atoms with Crippen LogP contribution in [0.1, 0.15) is 52.9 Å². The van der Waals surface area contributed by atoms with Crippen LogP contribution in [0.2, 0.25) is 0 Å². The SMILES string of the molecule is CCCCC(CCC)NC(C)C(N)=NO. The van der Waals surface area contributed by atoms with Gasteiger partial charge in [-0.3, -0.25) is 0 Å². The Morgan fingerprint density at radius 2 is 2.00 bits per heavy atom. The summed E-state index contributed by atoms with van der Waals surface area (Å²) in [6.45, 7) is 6.29. The fourth-order valence-corrected chi connectivity index (χ4v) is 1.64. The van der Waals surface area contributed by atoms with Gasteiger partial charge in [-0.1, -0.05) is 38.3 Å². The first-order valence-corrected chi connectivity index (χ1v) is 5.89. The van der Waals surface area contributed by atoms with Crippen molar-refractivity contribution in [3.05, 3.63) is 0 Å². The third-order valence-electron chi connectivity index (χ3n) is 2.59. The van der Waals surface area contributed by atoms with E-state index in [1.807, 2.05) is 6.92 Å². The molecule has 0 fully saturated rings. The van der Waals surface area contributed by atoms with Crippen molar-refractivity contribution in [2.24, 2.45) is 10.9 Å². The highest BCUT2D eigenvalue weighted by Crippen LogP contribution is 2.07. The predicted molar refractivity (Wildman–Crippen MR) is 64.2 cm³/mol. The van der Waals surface area contributed by atoms with Gasteiger partial charge >= 0.3 is 0 Å². The van der Waals surface area contributed by atoms with Crippen molar-refractivity contribution in [2.45, 2.75) is 65.0 Å². The summed E-state index contributed by atoms with van der Waals surface area (Å²) in [6.07, 6.45) is 5.89. The van der Waals surface area contributed by atoms with Crippen LogP contribution in [0.3, 0.4) is 0 Å². The van der Waals surface area contributed by atoms with Crippen LogP contribution in [0.15, 0.2) is 5.16 Å². The van der Waals surface area contributed by atoms with Gasteiger partial charge in [-0.15, -0.1) is 0 Å². The number of nitrogens with one attached hydrogen (secondary N) is 1. The number of hydrogen-bond acceptors (Lipinski definition) is 3. The van der Waals surface area contributed by atoms with E-state index >= 15 is 0 Å². The summed E-state index contributed by atoms with van der Waals surface area (Å²) in [4.78, 5) is 0. The fourth-order valence-electron chi connectivity index (χ4n) is 1.64. The van der Waals surface area contributed by atoms with E-state index < -0.39 is 0 Å². The maximum atomic E-state index is 8.55. The second-order valence-corrected chi connectivity index (χ2v) is 4.04. The molecule has 0 aromatic heterocycles. The van der Waals surface area contributed by atoms with Crippen molar-refractivity contribution >= 4 is 5.84 Å². The highest BCUT2D eigenvalue weighted by atomic mass is 16.4. The lowest BCUT2D eigenvalue weighted by Crippen LogP contribution is -2.44. The van der Waals surface area contributed by atoms with E-state index in [0.29, 0.717) is 6.04 Å². The van der Waals surface area contributed by atoms with E-state index in [0.717, 1.165) is 19.3 Å². The Bertz CT molecular complexity index is 183. The molecule has 15 heavy (non-hydrogen) atoms. The molecule has 0 saturated carbocycles. The summed E-state index contributed by atoms with van der Waals surface area (Å²) in [7, 11) is 0. The quantitative estimate of drug-likeness (QED) is 0.251. The lowest BCUT2D eigenvalue weighted by molar-refractivity contribution is 0.313. The Morgan fingerprint density at radius 1 is 1.33 bits per heavy atom. The Labute approximate surface area is 92.9 Å². The van der Waals surface area contributed by atoms with Crippen LogP contribution in [-0.4, -0.2) is 23.1 Å². The number of nitrogens with zero attached hydrogens (tertiary/aromatic N) is 1. The molecule has 0 aromatic rings. The van der Waals surface area contributed by atoms with Gasteiger partial charge in [0.25, 0.3) is 0 Å². The first kappa shape index (κ1) is 14.2. The zero-order valence-corrected chi connectivity index (χ0v) is 10.2. The first-order chi connectivity index (χ1) is 7.15. The minimum Gasteiger partial charge on any atom is -0.409 e. The van der Waals surface area contributed by atoms with Crippen LogP contribution < -0.4 is 11.1 Å². The zero-order chi connectivity index (χ0) is 11.7. The molecule has 0 aliphatic heterocycles. The molecule has 0 aliphatic rings. The minimum absolute atomic E-state index is 0.0524. The number of unbranched alkanes of at least 4 members (excludes halogenated alkanes) is 1. The molecule has 2 unspecified atom stereocenters. The van der Waals surface area contributed by atoms with Crippen LogP contribution in [0, 0.1) is 0 Å². The molecular formula is C11H25N3O. The molecule has 0 amide bonds. The number of oxime groups is 1. The monoisotopic (exact) mass is 215 g/mol.